The van der Waals surface area contributed by atoms with Crippen LogP contribution in [0, 0.1) is 0 Å². The van der Waals surface area contributed by atoms with E-state index in [1.54, 1.807) is 0 Å². The lowest BCUT2D eigenvalue weighted by molar-refractivity contribution is 0.436. The first-order valence-electron chi connectivity index (χ1n) is 19.3. The number of hydrogen-bond acceptors (Lipinski definition) is 1. The first-order chi connectivity index (χ1) is 27.3. The van der Waals surface area contributed by atoms with Crippen LogP contribution in [0.25, 0.3) is 55.3 Å². The van der Waals surface area contributed by atoms with Gasteiger partial charge in [-0.15, -0.1) is 0 Å². The molecule has 0 saturated carbocycles. The molecule has 0 aromatic heterocycles. The van der Waals surface area contributed by atoms with Gasteiger partial charge >= 0.3 is 0 Å². The van der Waals surface area contributed by atoms with E-state index in [0.29, 0.717) is 0 Å². The zero-order chi connectivity index (χ0) is 35.9. The van der Waals surface area contributed by atoms with Crippen molar-refractivity contribution in [2.24, 2.45) is 0 Å². The van der Waals surface area contributed by atoms with Crippen LogP contribution in [0.2, 0.25) is 0 Å². The van der Waals surface area contributed by atoms with Crippen LogP contribution in [-0.2, 0) is 10.8 Å². The van der Waals surface area contributed by atoms with Gasteiger partial charge in [0.1, 0.15) is 11.5 Å². The Morgan fingerprint density at radius 2 is 0.745 bits per heavy atom. The Kier molecular flexibility index (Phi) is 5.56. The molecule has 1 aliphatic heterocycles. The highest BCUT2D eigenvalue weighted by Gasteiger charge is 2.53. The van der Waals surface area contributed by atoms with Crippen molar-refractivity contribution < 1.29 is 4.74 Å². The van der Waals surface area contributed by atoms with Crippen LogP contribution in [0.4, 0.5) is 0 Å². The Labute approximate surface area is 319 Å². The molecule has 9 aromatic carbocycles. The van der Waals surface area contributed by atoms with Crippen molar-refractivity contribution in [2.75, 3.05) is 0 Å². The molecular weight excluding hydrogens is 665 g/mol. The molecule has 0 bridgehead atoms. The summed E-state index contributed by atoms with van der Waals surface area (Å²) in [5.74, 6) is 1.81. The van der Waals surface area contributed by atoms with E-state index in [1.165, 1.54) is 94.2 Å². The van der Waals surface area contributed by atoms with Gasteiger partial charge in [0.2, 0.25) is 0 Å². The summed E-state index contributed by atoms with van der Waals surface area (Å²) in [4.78, 5) is 0. The average Bonchev–Trinajstić information content (AvgIpc) is 3.71. The van der Waals surface area contributed by atoms with Gasteiger partial charge in [0.05, 0.1) is 10.8 Å². The predicted octanol–water partition coefficient (Wildman–Crippen LogP) is 13.3. The highest BCUT2D eigenvalue weighted by molar-refractivity contribution is 6.08. The molecule has 0 fully saturated rings. The highest BCUT2D eigenvalue weighted by atomic mass is 16.5. The predicted molar refractivity (Wildman–Crippen MR) is 223 cm³/mol. The largest absolute Gasteiger partial charge is 0.457 e. The molecule has 4 aliphatic rings. The molecule has 1 heteroatoms. The van der Waals surface area contributed by atoms with Crippen LogP contribution < -0.4 is 4.74 Å². The van der Waals surface area contributed by atoms with Gasteiger partial charge in [-0.25, -0.2) is 0 Å². The quantitative estimate of drug-likeness (QED) is 0.166. The van der Waals surface area contributed by atoms with Crippen molar-refractivity contribution in [3.8, 4) is 56.0 Å². The normalized spacial score (nSPS) is 16.7. The summed E-state index contributed by atoms with van der Waals surface area (Å²) < 4.78 is 7.02. The third-order valence-corrected chi connectivity index (χ3v) is 13.2. The fraction of sp³-hybridized carbons (Fsp3) is 0.0370. The molecule has 1 unspecified atom stereocenters. The van der Waals surface area contributed by atoms with E-state index in [1.807, 2.05) is 0 Å². The number of para-hydroxylation sites is 1. The molecular formula is C54H32O. The van der Waals surface area contributed by atoms with Gasteiger partial charge in [0, 0.05) is 11.1 Å². The molecule has 3 aliphatic carbocycles. The van der Waals surface area contributed by atoms with Gasteiger partial charge in [-0.2, -0.15) is 0 Å². The summed E-state index contributed by atoms with van der Waals surface area (Å²) in [7, 11) is 0. The summed E-state index contributed by atoms with van der Waals surface area (Å²) in [5.41, 5.74) is 19.5. The fourth-order valence-electron chi connectivity index (χ4n) is 11.3. The van der Waals surface area contributed by atoms with Crippen LogP contribution in [-0.4, -0.2) is 0 Å². The third-order valence-electron chi connectivity index (χ3n) is 13.2. The van der Waals surface area contributed by atoms with Crippen LogP contribution in [0.3, 0.4) is 0 Å². The van der Waals surface area contributed by atoms with Gasteiger partial charge in [0.15, 0.2) is 0 Å². The van der Waals surface area contributed by atoms with Gasteiger partial charge in [0.25, 0.3) is 0 Å². The second-order valence-electron chi connectivity index (χ2n) is 15.4. The van der Waals surface area contributed by atoms with Crippen molar-refractivity contribution in [3.63, 3.8) is 0 Å². The molecule has 2 spiro atoms. The number of hydrogen-bond donors (Lipinski definition) is 0. The molecule has 1 atom stereocenters. The molecule has 13 rings (SSSR count). The van der Waals surface area contributed by atoms with Crippen molar-refractivity contribution in [1.29, 1.82) is 0 Å². The smallest absolute Gasteiger partial charge is 0.132 e. The fourth-order valence-corrected chi connectivity index (χ4v) is 11.3. The molecule has 254 valence electrons. The minimum Gasteiger partial charge on any atom is -0.457 e. The Morgan fingerprint density at radius 3 is 1.44 bits per heavy atom. The molecule has 0 saturated heterocycles. The standard InChI is InChI=1S/C54H32O/c1-5-23-42-36(16-1)37-17-2-6-24-43(37)53(42)46-27-9-10-29-49(46)55-50-32-34(30-31-47(50)53)35-20-13-22-41-39-19-4-8-26-45(39)54(52(35)41)44-25-7-3-18-38(44)40-21-11-14-33-15-12-28-48(54)51(33)40/h1-32H. The van der Waals surface area contributed by atoms with Crippen molar-refractivity contribution >= 4 is 10.8 Å². The number of ether oxygens (including phenoxy) is 1. The van der Waals surface area contributed by atoms with E-state index in [9.17, 15) is 0 Å². The number of benzene rings is 9. The minimum atomic E-state index is -0.513. The first-order valence-corrected chi connectivity index (χ1v) is 19.3. The molecule has 1 nitrogen and oxygen atoms in total. The summed E-state index contributed by atoms with van der Waals surface area (Å²) in [6.07, 6.45) is 0. The Hall–Kier alpha value is -6.96. The maximum Gasteiger partial charge on any atom is 0.132 e. The maximum absolute atomic E-state index is 7.02. The van der Waals surface area contributed by atoms with Gasteiger partial charge in [-0.05, 0) is 101 Å². The number of fused-ring (bicyclic) bond motifs is 18. The first kappa shape index (κ1) is 29.5. The van der Waals surface area contributed by atoms with E-state index in [-0.39, 0.29) is 0 Å². The molecule has 1 heterocycles. The summed E-state index contributed by atoms with van der Waals surface area (Å²) in [5, 5.41) is 2.61. The lowest BCUT2D eigenvalue weighted by Crippen LogP contribution is -2.32. The summed E-state index contributed by atoms with van der Waals surface area (Å²) in [6, 6.07) is 72.4. The molecule has 55 heavy (non-hydrogen) atoms. The zero-order valence-corrected chi connectivity index (χ0v) is 29.9. The lowest BCUT2D eigenvalue weighted by atomic mass is 9.60. The third kappa shape index (κ3) is 3.42. The summed E-state index contributed by atoms with van der Waals surface area (Å²) in [6.45, 7) is 0. The van der Waals surface area contributed by atoms with E-state index < -0.39 is 10.8 Å². The average molecular weight is 697 g/mol. The Bertz CT molecular complexity index is 3100. The van der Waals surface area contributed by atoms with E-state index in [2.05, 4.69) is 194 Å². The Morgan fingerprint density at radius 1 is 0.291 bits per heavy atom. The maximum atomic E-state index is 7.02. The summed E-state index contributed by atoms with van der Waals surface area (Å²) >= 11 is 0. The SMILES string of the molecule is c1ccc2c(c1)Oc1cc(-c3cccc4c3C3(c5ccccc5-4)c4ccccc4-c4cccc5cccc3c45)ccc1C21c2ccccc2-c2ccccc21. The van der Waals surface area contributed by atoms with Crippen molar-refractivity contribution in [1.82, 2.24) is 0 Å². The molecule has 9 aromatic rings. The van der Waals surface area contributed by atoms with Crippen molar-refractivity contribution in [2.45, 2.75) is 10.8 Å². The van der Waals surface area contributed by atoms with Crippen LogP contribution >= 0.6 is 0 Å². The van der Waals surface area contributed by atoms with E-state index in [4.69, 9.17) is 4.74 Å². The van der Waals surface area contributed by atoms with Crippen LogP contribution in [0.1, 0.15) is 44.5 Å². The van der Waals surface area contributed by atoms with Crippen LogP contribution in [0.5, 0.6) is 11.5 Å². The zero-order valence-electron chi connectivity index (χ0n) is 29.9. The topological polar surface area (TPSA) is 9.23 Å². The molecule has 0 radical (unpaired) electrons. The van der Waals surface area contributed by atoms with Gasteiger partial charge < -0.3 is 4.74 Å². The second kappa shape index (κ2) is 10.4. The number of rotatable bonds is 1. The second-order valence-corrected chi connectivity index (χ2v) is 15.4. The molecule has 0 amide bonds. The monoisotopic (exact) mass is 696 g/mol. The Balaban J connectivity index is 1.12. The lowest BCUT2D eigenvalue weighted by Gasteiger charge is -2.41. The van der Waals surface area contributed by atoms with Gasteiger partial charge in [-0.1, -0.05) is 182 Å². The van der Waals surface area contributed by atoms with Crippen molar-refractivity contribution in [3.05, 3.63) is 239 Å². The van der Waals surface area contributed by atoms with Crippen LogP contribution in [0.15, 0.2) is 194 Å². The van der Waals surface area contributed by atoms with E-state index in [0.717, 1.165) is 17.1 Å². The molecule has 0 N–H and O–H groups in total. The minimum absolute atomic E-state index is 0.492. The highest BCUT2D eigenvalue weighted by Crippen LogP contribution is 2.65. The van der Waals surface area contributed by atoms with Gasteiger partial charge in [-0.3, -0.25) is 0 Å². The van der Waals surface area contributed by atoms with E-state index >= 15 is 0 Å².